The number of carbonyl (C=O) groups is 2. The first-order chi connectivity index (χ1) is 11.4. The van der Waals surface area contributed by atoms with Gasteiger partial charge in [-0.05, 0) is 26.2 Å². The van der Waals surface area contributed by atoms with Crippen LogP contribution in [0.5, 0.6) is 0 Å². The summed E-state index contributed by atoms with van der Waals surface area (Å²) in [4.78, 5) is 31.2. The summed E-state index contributed by atoms with van der Waals surface area (Å²) < 4.78 is 5.20. The van der Waals surface area contributed by atoms with Crippen molar-refractivity contribution in [1.29, 1.82) is 0 Å². The Morgan fingerprint density at radius 1 is 1.50 bits per heavy atom. The fourth-order valence-electron chi connectivity index (χ4n) is 2.55. The molecule has 1 saturated heterocycles. The smallest absolute Gasteiger partial charge is 0.317 e. The molecule has 0 atom stereocenters. The summed E-state index contributed by atoms with van der Waals surface area (Å²) in [6.07, 6.45) is 1.53. The number of nitrogens with one attached hydrogen (secondary N) is 2. The van der Waals surface area contributed by atoms with E-state index in [4.69, 9.17) is 10.2 Å². The molecular formula is C14H19N7O3. The Labute approximate surface area is 138 Å². The van der Waals surface area contributed by atoms with Crippen molar-refractivity contribution in [2.45, 2.75) is 12.1 Å². The molecule has 2 aromatic heterocycles. The summed E-state index contributed by atoms with van der Waals surface area (Å²) in [5.41, 5.74) is 4.64. The van der Waals surface area contributed by atoms with E-state index in [0.717, 1.165) is 0 Å². The standard InChI is InChI=1S/C14H19N7O3/c1-20(2)14(12(15)22)7-21(8-14)13(23)16-6-10-17-11(19-18-10)9-4-3-5-24-9/h3-5H,6-8H2,1-2H3,(H2,15,22)(H,16,23)(H,17,18,19). The van der Waals surface area contributed by atoms with Crippen LogP contribution in [0.1, 0.15) is 5.82 Å². The van der Waals surface area contributed by atoms with Crippen LogP contribution in [0.25, 0.3) is 11.6 Å². The van der Waals surface area contributed by atoms with Crippen LogP contribution >= 0.6 is 0 Å². The highest BCUT2D eigenvalue weighted by Gasteiger charge is 2.51. The summed E-state index contributed by atoms with van der Waals surface area (Å²) in [6, 6.07) is 3.20. The molecule has 0 aromatic carbocycles. The lowest BCUT2D eigenvalue weighted by Gasteiger charge is -2.51. The van der Waals surface area contributed by atoms with Crippen molar-refractivity contribution < 1.29 is 14.0 Å². The molecule has 24 heavy (non-hydrogen) atoms. The third-order valence-corrected chi connectivity index (χ3v) is 4.19. The van der Waals surface area contributed by atoms with Crippen molar-refractivity contribution in [3.05, 3.63) is 24.2 Å². The highest BCUT2D eigenvalue weighted by atomic mass is 16.3. The zero-order valence-electron chi connectivity index (χ0n) is 13.4. The van der Waals surface area contributed by atoms with Gasteiger partial charge in [0.1, 0.15) is 11.4 Å². The number of likely N-dealkylation sites (tertiary alicyclic amines) is 1. The van der Waals surface area contributed by atoms with Gasteiger partial charge in [0.05, 0.1) is 25.9 Å². The van der Waals surface area contributed by atoms with Gasteiger partial charge in [0.25, 0.3) is 0 Å². The minimum Gasteiger partial charge on any atom is -0.461 e. The third kappa shape index (κ3) is 2.71. The van der Waals surface area contributed by atoms with E-state index in [1.807, 2.05) is 0 Å². The summed E-state index contributed by atoms with van der Waals surface area (Å²) in [6.45, 7) is 0.707. The van der Waals surface area contributed by atoms with Gasteiger partial charge < -0.3 is 20.4 Å². The molecule has 3 heterocycles. The topological polar surface area (TPSA) is 133 Å². The number of H-pyrrole nitrogens is 1. The molecule has 1 aliphatic rings. The van der Waals surface area contributed by atoms with E-state index in [-0.39, 0.29) is 25.7 Å². The third-order valence-electron chi connectivity index (χ3n) is 4.19. The molecule has 4 N–H and O–H groups in total. The van der Waals surface area contributed by atoms with Crippen LogP contribution < -0.4 is 11.1 Å². The van der Waals surface area contributed by atoms with E-state index in [0.29, 0.717) is 17.4 Å². The number of aromatic amines is 1. The molecule has 0 bridgehead atoms. The van der Waals surface area contributed by atoms with Crippen LogP contribution in [0, 0.1) is 0 Å². The van der Waals surface area contributed by atoms with Crippen molar-refractivity contribution in [3.8, 4) is 11.6 Å². The Kier molecular flexibility index (Phi) is 3.97. The average molecular weight is 333 g/mol. The first kappa shape index (κ1) is 16.0. The Hall–Kier alpha value is -2.88. The molecule has 3 amide bonds. The molecule has 1 fully saturated rings. The van der Waals surface area contributed by atoms with Crippen LogP contribution in [0.3, 0.4) is 0 Å². The van der Waals surface area contributed by atoms with Crippen LogP contribution in [-0.4, -0.2) is 69.6 Å². The number of carbonyl (C=O) groups excluding carboxylic acids is 2. The Balaban J connectivity index is 1.53. The van der Waals surface area contributed by atoms with Crippen molar-refractivity contribution in [2.24, 2.45) is 5.73 Å². The van der Waals surface area contributed by atoms with Crippen LogP contribution in [-0.2, 0) is 11.3 Å². The van der Waals surface area contributed by atoms with Crippen molar-refractivity contribution in [2.75, 3.05) is 27.2 Å². The van der Waals surface area contributed by atoms with Crippen molar-refractivity contribution >= 4 is 11.9 Å². The predicted octanol–water partition coefficient (Wildman–Crippen LogP) is -0.624. The fourth-order valence-corrected chi connectivity index (χ4v) is 2.55. The van der Waals surface area contributed by atoms with Crippen LogP contribution in [0.2, 0.25) is 0 Å². The Morgan fingerprint density at radius 3 is 2.83 bits per heavy atom. The molecule has 10 heteroatoms. The largest absolute Gasteiger partial charge is 0.461 e. The second kappa shape index (κ2) is 5.96. The highest BCUT2D eigenvalue weighted by Crippen LogP contribution is 2.25. The summed E-state index contributed by atoms with van der Waals surface area (Å²) >= 11 is 0. The van der Waals surface area contributed by atoms with Gasteiger partial charge in [-0.15, -0.1) is 5.10 Å². The quantitative estimate of drug-likeness (QED) is 0.667. The summed E-state index contributed by atoms with van der Waals surface area (Å²) in [5, 5.41) is 9.49. The van der Waals surface area contributed by atoms with E-state index in [1.54, 1.807) is 31.1 Å². The van der Waals surface area contributed by atoms with Gasteiger partial charge in [-0.25, -0.2) is 9.78 Å². The van der Waals surface area contributed by atoms with Gasteiger partial charge in [0.15, 0.2) is 5.76 Å². The number of nitrogens with two attached hydrogens (primary N) is 1. The number of likely N-dealkylation sites (N-methyl/N-ethyl adjacent to an activating group) is 1. The highest BCUT2D eigenvalue weighted by molar-refractivity contribution is 5.89. The number of furan rings is 1. The van der Waals surface area contributed by atoms with Crippen molar-refractivity contribution in [3.63, 3.8) is 0 Å². The lowest BCUT2D eigenvalue weighted by molar-refractivity contribution is -0.137. The number of aromatic nitrogens is 3. The van der Waals surface area contributed by atoms with E-state index in [9.17, 15) is 9.59 Å². The molecule has 0 spiro atoms. The number of hydrogen-bond acceptors (Lipinski definition) is 6. The first-order valence-corrected chi connectivity index (χ1v) is 7.37. The Morgan fingerprint density at radius 2 is 2.25 bits per heavy atom. The van der Waals surface area contributed by atoms with Crippen LogP contribution in [0.4, 0.5) is 4.79 Å². The second-order valence-corrected chi connectivity index (χ2v) is 5.89. The maximum absolute atomic E-state index is 12.1. The van der Waals surface area contributed by atoms with Gasteiger partial charge in [-0.3, -0.25) is 14.8 Å². The molecule has 10 nitrogen and oxygen atoms in total. The van der Waals surface area contributed by atoms with E-state index in [2.05, 4.69) is 20.5 Å². The maximum atomic E-state index is 12.1. The molecule has 128 valence electrons. The molecular weight excluding hydrogens is 314 g/mol. The van der Waals surface area contributed by atoms with Crippen LogP contribution in [0.15, 0.2) is 22.8 Å². The van der Waals surface area contributed by atoms with E-state index < -0.39 is 11.4 Å². The number of amides is 3. The number of urea groups is 1. The number of nitrogens with zero attached hydrogens (tertiary/aromatic N) is 4. The molecule has 0 aliphatic carbocycles. The minimum atomic E-state index is -0.796. The normalized spacial score (nSPS) is 16.0. The average Bonchev–Trinajstić information content (AvgIpc) is 3.14. The SMILES string of the molecule is CN(C)C1(C(N)=O)CN(C(=O)NCc2nc(-c3ccco3)n[nH]2)C1. The zero-order chi connectivity index (χ0) is 17.3. The van der Waals surface area contributed by atoms with Gasteiger partial charge in [-0.1, -0.05) is 0 Å². The first-order valence-electron chi connectivity index (χ1n) is 7.37. The minimum absolute atomic E-state index is 0.189. The van der Waals surface area contributed by atoms with E-state index >= 15 is 0 Å². The van der Waals surface area contributed by atoms with Gasteiger partial charge in [0.2, 0.25) is 11.7 Å². The predicted molar refractivity (Wildman–Crippen MR) is 83.5 cm³/mol. The lowest BCUT2D eigenvalue weighted by atomic mass is 9.88. The zero-order valence-corrected chi connectivity index (χ0v) is 13.4. The molecule has 0 saturated carbocycles. The lowest BCUT2D eigenvalue weighted by Crippen LogP contribution is -2.75. The number of hydrogen-bond donors (Lipinski definition) is 3. The van der Waals surface area contributed by atoms with Crippen molar-refractivity contribution in [1.82, 2.24) is 30.3 Å². The monoisotopic (exact) mass is 333 g/mol. The summed E-state index contributed by atoms with van der Waals surface area (Å²) in [5.74, 6) is 1.04. The molecule has 1 aliphatic heterocycles. The molecule has 0 unspecified atom stereocenters. The molecule has 2 aromatic rings. The molecule has 0 radical (unpaired) electrons. The van der Waals surface area contributed by atoms with Gasteiger partial charge in [-0.2, -0.15) is 0 Å². The summed E-state index contributed by atoms with van der Waals surface area (Å²) in [7, 11) is 3.54. The number of rotatable bonds is 5. The maximum Gasteiger partial charge on any atom is 0.317 e. The van der Waals surface area contributed by atoms with Gasteiger partial charge >= 0.3 is 6.03 Å². The number of primary amides is 1. The molecule has 3 rings (SSSR count). The fraction of sp³-hybridized carbons (Fsp3) is 0.429. The van der Waals surface area contributed by atoms with Gasteiger partial charge in [0, 0.05) is 0 Å². The second-order valence-electron chi connectivity index (χ2n) is 5.89. The van der Waals surface area contributed by atoms with E-state index in [1.165, 1.54) is 11.2 Å². The Bertz CT molecular complexity index is 731.